The van der Waals surface area contributed by atoms with Crippen molar-refractivity contribution in [2.75, 3.05) is 11.4 Å². The lowest BCUT2D eigenvalue weighted by Gasteiger charge is -2.42. The van der Waals surface area contributed by atoms with E-state index < -0.39 is 3.23 Å². The molecule has 1 fully saturated rings. The molecule has 0 saturated carbocycles. The number of amides is 1. The van der Waals surface area contributed by atoms with Gasteiger partial charge in [0.25, 0.3) is 5.91 Å². The quantitative estimate of drug-likeness (QED) is 0.664. The standard InChI is InChI=1S/C10H9Br2NO2/c11-10(12)6-13(9(10)15)8-4-2-1-3-7(8)5-14/h1-4,14H,5-6H2. The minimum Gasteiger partial charge on any atom is -0.392 e. The third-order valence-corrected chi connectivity index (χ3v) is 3.55. The lowest BCUT2D eigenvalue weighted by atomic mass is 10.1. The van der Waals surface area contributed by atoms with Gasteiger partial charge in [0.2, 0.25) is 0 Å². The number of benzene rings is 1. The number of hydrogen-bond donors (Lipinski definition) is 1. The summed E-state index contributed by atoms with van der Waals surface area (Å²) in [6.45, 7) is 0.500. The predicted molar refractivity (Wildman–Crippen MR) is 65.3 cm³/mol. The van der Waals surface area contributed by atoms with E-state index in [0.717, 1.165) is 11.3 Å². The Morgan fingerprint density at radius 1 is 1.40 bits per heavy atom. The Morgan fingerprint density at radius 2 is 2.07 bits per heavy atom. The lowest BCUT2D eigenvalue weighted by molar-refractivity contribution is -0.122. The Kier molecular flexibility index (Phi) is 2.87. The third kappa shape index (κ3) is 1.84. The Hall–Kier alpha value is -0.390. The average molecular weight is 335 g/mol. The zero-order valence-corrected chi connectivity index (χ0v) is 11.0. The van der Waals surface area contributed by atoms with Crippen molar-refractivity contribution in [3.05, 3.63) is 29.8 Å². The first-order valence-electron chi connectivity index (χ1n) is 4.45. The molecule has 5 heteroatoms. The van der Waals surface area contributed by atoms with E-state index >= 15 is 0 Å². The van der Waals surface area contributed by atoms with Gasteiger partial charge < -0.3 is 10.0 Å². The lowest BCUT2D eigenvalue weighted by Crippen LogP contribution is -2.60. The summed E-state index contributed by atoms with van der Waals surface area (Å²) in [6, 6.07) is 7.34. The van der Waals surface area contributed by atoms with Crippen LogP contribution in [0.15, 0.2) is 24.3 Å². The Labute approximate surface area is 104 Å². The molecule has 1 heterocycles. The van der Waals surface area contributed by atoms with Crippen LogP contribution in [0.5, 0.6) is 0 Å². The van der Waals surface area contributed by atoms with Crippen LogP contribution in [0, 0.1) is 0 Å². The molecule has 0 bridgehead atoms. The second-order valence-corrected chi connectivity index (χ2v) is 7.15. The summed E-state index contributed by atoms with van der Waals surface area (Å²) in [7, 11) is 0. The smallest absolute Gasteiger partial charge is 0.256 e. The maximum absolute atomic E-state index is 11.7. The van der Waals surface area contributed by atoms with Crippen LogP contribution in [0.3, 0.4) is 0 Å². The fraction of sp³-hybridized carbons (Fsp3) is 0.300. The van der Waals surface area contributed by atoms with Crippen LogP contribution in [0.25, 0.3) is 0 Å². The van der Waals surface area contributed by atoms with Crippen molar-refractivity contribution in [2.45, 2.75) is 9.84 Å². The normalized spacial score (nSPS) is 18.9. The van der Waals surface area contributed by atoms with Crippen LogP contribution >= 0.6 is 31.9 Å². The van der Waals surface area contributed by atoms with E-state index in [4.69, 9.17) is 5.11 Å². The fourth-order valence-corrected chi connectivity index (χ4v) is 2.48. The number of rotatable bonds is 2. The molecule has 1 aromatic carbocycles. The molecule has 80 valence electrons. The Morgan fingerprint density at radius 3 is 2.60 bits per heavy atom. The van der Waals surface area contributed by atoms with Crippen LogP contribution in [0.2, 0.25) is 0 Å². The fourth-order valence-electron chi connectivity index (χ4n) is 1.55. The largest absolute Gasteiger partial charge is 0.392 e. The highest BCUT2D eigenvalue weighted by Gasteiger charge is 2.49. The minimum atomic E-state index is -0.622. The van der Waals surface area contributed by atoms with E-state index in [9.17, 15) is 4.79 Å². The molecule has 3 nitrogen and oxygen atoms in total. The van der Waals surface area contributed by atoms with Crippen molar-refractivity contribution in [1.82, 2.24) is 0 Å². The highest BCUT2D eigenvalue weighted by Crippen LogP contribution is 2.41. The van der Waals surface area contributed by atoms with Gasteiger partial charge in [-0.05, 0) is 6.07 Å². The van der Waals surface area contributed by atoms with Gasteiger partial charge >= 0.3 is 0 Å². The molecule has 0 aliphatic carbocycles. The molecule has 0 unspecified atom stereocenters. The van der Waals surface area contributed by atoms with Crippen molar-refractivity contribution < 1.29 is 9.90 Å². The number of halogens is 2. The van der Waals surface area contributed by atoms with Crippen LogP contribution in [0.1, 0.15) is 5.56 Å². The Balaban J connectivity index is 2.29. The van der Waals surface area contributed by atoms with Crippen molar-refractivity contribution in [2.24, 2.45) is 0 Å². The van der Waals surface area contributed by atoms with Gasteiger partial charge in [0.1, 0.15) is 0 Å². The second-order valence-electron chi connectivity index (χ2n) is 3.38. The molecule has 1 amide bonds. The van der Waals surface area contributed by atoms with E-state index in [2.05, 4.69) is 31.9 Å². The van der Waals surface area contributed by atoms with E-state index in [1.807, 2.05) is 24.3 Å². The molecular weight excluding hydrogens is 326 g/mol. The number of carbonyl (C=O) groups is 1. The number of para-hydroxylation sites is 1. The van der Waals surface area contributed by atoms with Gasteiger partial charge in [-0.2, -0.15) is 0 Å². The van der Waals surface area contributed by atoms with Crippen LogP contribution < -0.4 is 4.90 Å². The van der Waals surface area contributed by atoms with E-state index in [1.54, 1.807) is 4.90 Å². The van der Waals surface area contributed by atoms with Gasteiger partial charge in [-0.15, -0.1) is 0 Å². The summed E-state index contributed by atoms with van der Waals surface area (Å²) < 4.78 is -0.622. The van der Waals surface area contributed by atoms with Gasteiger partial charge in [0.15, 0.2) is 3.23 Å². The first kappa shape index (κ1) is 11.1. The molecule has 2 rings (SSSR count). The molecular formula is C10H9Br2NO2. The van der Waals surface area contributed by atoms with Gasteiger partial charge in [-0.25, -0.2) is 0 Å². The van der Waals surface area contributed by atoms with E-state index in [1.165, 1.54) is 0 Å². The van der Waals surface area contributed by atoms with Crippen molar-refractivity contribution >= 4 is 43.5 Å². The summed E-state index contributed by atoms with van der Waals surface area (Å²) in [5.41, 5.74) is 1.54. The van der Waals surface area contributed by atoms with Crippen molar-refractivity contribution in [3.8, 4) is 0 Å². The molecule has 0 radical (unpaired) electrons. The number of alkyl halides is 2. The highest BCUT2D eigenvalue weighted by molar-refractivity contribution is 9.26. The molecule has 1 aliphatic heterocycles. The maximum Gasteiger partial charge on any atom is 0.256 e. The number of carbonyl (C=O) groups excluding carboxylic acids is 1. The maximum atomic E-state index is 11.7. The summed E-state index contributed by atoms with van der Waals surface area (Å²) in [5.74, 6) is -0.0385. The molecule has 0 aromatic heterocycles. The topological polar surface area (TPSA) is 40.5 Å². The first-order chi connectivity index (χ1) is 7.06. The zero-order chi connectivity index (χ0) is 11.1. The van der Waals surface area contributed by atoms with Crippen LogP contribution in [0.4, 0.5) is 5.69 Å². The molecule has 1 aromatic rings. The van der Waals surface area contributed by atoms with Gasteiger partial charge in [-0.3, -0.25) is 4.79 Å². The minimum absolute atomic E-state index is 0.0385. The number of β-lactam (4-membered cyclic amide) rings is 1. The molecule has 1 aliphatic rings. The van der Waals surface area contributed by atoms with Gasteiger partial charge in [0, 0.05) is 11.3 Å². The number of aliphatic hydroxyl groups is 1. The molecule has 1 saturated heterocycles. The predicted octanol–water partition coefficient (Wildman–Crippen LogP) is 2.01. The number of hydrogen-bond acceptors (Lipinski definition) is 2. The van der Waals surface area contributed by atoms with Crippen molar-refractivity contribution in [1.29, 1.82) is 0 Å². The molecule has 0 spiro atoms. The van der Waals surface area contributed by atoms with Crippen molar-refractivity contribution in [3.63, 3.8) is 0 Å². The second kappa shape index (κ2) is 3.88. The average Bonchev–Trinajstić information content (AvgIpc) is 2.25. The monoisotopic (exact) mass is 333 g/mol. The third-order valence-electron chi connectivity index (χ3n) is 2.37. The highest BCUT2D eigenvalue weighted by atomic mass is 79.9. The van der Waals surface area contributed by atoms with Gasteiger partial charge in [-0.1, -0.05) is 50.1 Å². The molecule has 15 heavy (non-hydrogen) atoms. The SMILES string of the molecule is O=C1N(c2ccccc2CO)CC1(Br)Br. The van der Waals surface area contributed by atoms with Crippen LogP contribution in [-0.4, -0.2) is 20.8 Å². The number of anilines is 1. The van der Waals surface area contributed by atoms with Gasteiger partial charge in [0.05, 0.1) is 13.2 Å². The summed E-state index contributed by atoms with van der Waals surface area (Å²) in [5, 5.41) is 9.14. The first-order valence-corrected chi connectivity index (χ1v) is 6.03. The Bertz CT molecular complexity index is 406. The number of nitrogens with zero attached hydrogens (tertiary/aromatic N) is 1. The van der Waals surface area contributed by atoms with E-state index in [-0.39, 0.29) is 12.5 Å². The number of aliphatic hydroxyl groups excluding tert-OH is 1. The summed E-state index contributed by atoms with van der Waals surface area (Å²) >= 11 is 6.55. The van der Waals surface area contributed by atoms with Crippen LogP contribution in [-0.2, 0) is 11.4 Å². The zero-order valence-electron chi connectivity index (χ0n) is 7.78. The summed E-state index contributed by atoms with van der Waals surface area (Å²) in [6.07, 6.45) is 0. The van der Waals surface area contributed by atoms with E-state index in [0.29, 0.717) is 6.54 Å². The summed E-state index contributed by atoms with van der Waals surface area (Å²) in [4.78, 5) is 13.3. The molecule has 1 N–H and O–H groups in total. The molecule has 0 atom stereocenters.